The number of nitrogens with zero attached hydrogens (tertiary/aromatic N) is 2. The number of likely N-dealkylation sites (tertiary alicyclic amines) is 1. The van der Waals surface area contributed by atoms with Gasteiger partial charge in [0.1, 0.15) is 0 Å². The molecule has 0 bridgehead atoms. The average Bonchev–Trinajstić information content (AvgIpc) is 2.62. The van der Waals surface area contributed by atoms with E-state index in [-0.39, 0.29) is 23.4 Å². The van der Waals surface area contributed by atoms with Gasteiger partial charge in [0.25, 0.3) is 0 Å². The minimum absolute atomic E-state index is 0.0873. The fourth-order valence-electron chi connectivity index (χ4n) is 2.97. The Morgan fingerprint density at radius 1 is 1.25 bits per heavy atom. The van der Waals surface area contributed by atoms with E-state index in [1.54, 1.807) is 24.4 Å². The van der Waals surface area contributed by atoms with E-state index in [4.69, 9.17) is 4.74 Å². The van der Waals surface area contributed by atoms with E-state index in [2.05, 4.69) is 4.98 Å². The number of pyridine rings is 1. The van der Waals surface area contributed by atoms with Crippen LogP contribution >= 0.6 is 0 Å². The van der Waals surface area contributed by atoms with Gasteiger partial charge in [0.2, 0.25) is 5.91 Å². The lowest BCUT2D eigenvalue weighted by Crippen LogP contribution is -2.42. The Morgan fingerprint density at radius 2 is 2.08 bits per heavy atom. The summed E-state index contributed by atoms with van der Waals surface area (Å²) in [5.41, 5.74) is 0.784. The molecule has 1 saturated heterocycles. The summed E-state index contributed by atoms with van der Waals surface area (Å²) in [6.45, 7) is 1.84. The molecule has 1 aliphatic rings. The summed E-state index contributed by atoms with van der Waals surface area (Å²) < 4.78 is 19.2. The molecule has 3 rings (SSSR count). The van der Waals surface area contributed by atoms with Crippen molar-refractivity contribution in [3.63, 3.8) is 0 Å². The zero-order chi connectivity index (χ0) is 16.8. The Morgan fingerprint density at radius 3 is 2.88 bits per heavy atom. The first-order valence-corrected chi connectivity index (χ1v) is 8.27. The number of benzene rings is 1. The van der Waals surface area contributed by atoms with Crippen molar-refractivity contribution < 1.29 is 13.9 Å². The highest BCUT2D eigenvalue weighted by atomic mass is 19.1. The molecular weight excluding hydrogens is 307 g/mol. The Balaban J connectivity index is 1.52. The molecule has 0 unspecified atom stereocenters. The molecule has 1 aliphatic heterocycles. The summed E-state index contributed by atoms with van der Waals surface area (Å²) in [6.07, 6.45) is 3.95. The smallest absolute Gasteiger partial charge is 0.228 e. The number of aromatic nitrogens is 1. The zero-order valence-corrected chi connectivity index (χ0v) is 13.5. The highest BCUT2D eigenvalue weighted by Gasteiger charge is 2.24. The molecule has 2 aromatic rings. The molecule has 1 aromatic heterocycles. The van der Waals surface area contributed by atoms with E-state index in [1.807, 2.05) is 23.1 Å². The van der Waals surface area contributed by atoms with Crippen LogP contribution < -0.4 is 4.74 Å². The normalized spacial score (nSPS) is 17.5. The Hall–Kier alpha value is -2.43. The van der Waals surface area contributed by atoms with E-state index in [0.29, 0.717) is 19.6 Å². The van der Waals surface area contributed by atoms with E-state index in [1.165, 1.54) is 6.07 Å². The first kappa shape index (κ1) is 16.4. The van der Waals surface area contributed by atoms with Gasteiger partial charge in [-0.1, -0.05) is 18.2 Å². The third-order valence-corrected chi connectivity index (χ3v) is 4.24. The number of para-hydroxylation sites is 1. The molecule has 1 atom stereocenters. The highest BCUT2D eigenvalue weighted by Crippen LogP contribution is 2.21. The van der Waals surface area contributed by atoms with Crippen LogP contribution in [0, 0.1) is 11.7 Å². The second-order valence-electron chi connectivity index (χ2n) is 6.09. The summed E-state index contributed by atoms with van der Waals surface area (Å²) in [4.78, 5) is 18.5. The Kier molecular flexibility index (Phi) is 5.41. The van der Waals surface area contributed by atoms with Gasteiger partial charge in [0.05, 0.1) is 13.0 Å². The van der Waals surface area contributed by atoms with Crippen LogP contribution in [0.2, 0.25) is 0 Å². The van der Waals surface area contributed by atoms with Gasteiger partial charge in [-0.2, -0.15) is 0 Å². The van der Waals surface area contributed by atoms with Gasteiger partial charge < -0.3 is 9.64 Å². The van der Waals surface area contributed by atoms with Crippen molar-refractivity contribution in [1.29, 1.82) is 0 Å². The second kappa shape index (κ2) is 7.90. The number of amides is 1. The first-order chi connectivity index (χ1) is 11.7. The van der Waals surface area contributed by atoms with E-state index >= 15 is 0 Å². The molecule has 0 N–H and O–H groups in total. The summed E-state index contributed by atoms with van der Waals surface area (Å²) >= 11 is 0. The second-order valence-corrected chi connectivity index (χ2v) is 6.09. The lowest BCUT2D eigenvalue weighted by atomic mass is 9.98. The molecular formula is C19H21FN2O2. The summed E-state index contributed by atoms with van der Waals surface area (Å²) in [5, 5.41) is 0. The van der Waals surface area contributed by atoms with Crippen LogP contribution in [0.1, 0.15) is 18.5 Å². The molecule has 126 valence electrons. The van der Waals surface area contributed by atoms with Gasteiger partial charge in [-0.05, 0) is 37.1 Å². The molecule has 0 aliphatic carbocycles. The van der Waals surface area contributed by atoms with E-state index in [0.717, 1.165) is 25.1 Å². The predicted molar refractivity (Wildman–Crippen MR) is 89.1 cm³/mol. The fraction of sp³-hybridized carbons (Fsp3) is 0.368. The molecule has 1 fully saturated rings. The Labute approximate surface area is 141 Å². The Bertz CT molecular complexity index is 678. The number of piperidine rings is 1. The van der Waals surface area contributed by atoms with Gasteiger partial charge in [-0.25, -0.2) is 4.39 Å². The minimum Gasteiger partial charge on any atom is -0.490 e. The number of hydrogen-bond donors (Lipinski definition) is 0. The molecule has 4 nitrogen and oxygen atoms in total. The van der Waals surface area contributed by atoms with Crippen LogP contribution in [-0.4, -0.2) is 35.5 Å². The third kappa shape index (κ3) is 4.31. The zero-order valence-electron chi connectivity index (χ0n) is 13.5. The van der Waals surface area contributed by atoms with Crippen molar-refractivity contribution >= 4 is 5.91 Å². The number of carbonyl (C=O) groups excluding carboxylic acids is 1. The molecule has 0 radical (unpaired) electrons. The van der Waals surface area contributed by atoms with Crippen molar-refractivity contribution in [2.24, 2.45) is 5.92 Å². The number of rotatable bonds is 5. The summed E-state index contributed by atoms with van der Waals surface area (Å²) in [5.74, 6) is 0.237. The monoisotopic (exact) mass is 328 g/mol. The topological polar surface area (TPSA) is 42.4 Å². The highest BCUT2D eigenvalue weighted by molar-refractivity contribution is 5.78. The largest absolute Gasteiger partial charge is 0.490 e. The molecule has 0 saturated carbocycles. The van der Waals surface area contributed by atoms with Crippen LogP contribution in [0.25, 0.3) is 0 Å². The van der Waals surface area contributed by atoms with Crippen molar-refractivity contribution in [3.8, 4) is 5.75 Å². The van der Waals surface area contributed by atoms with Crippen LogP contribution in [-0.2, 0) is 11.2 Å². The fourth-order valence-corrected chi connectivity index (χ4v) is 2.97. The van der Waals surface area contributed by atoms with E-state index < -0.39 is 0 Å². The van der Waals surface area contributed by atoms with Gasteiger partial charge >= 0.3 is 0 Å². The third-order valence-electron chi connectivity index (χ3n) is 4.24. The predicted octanol–water partition coefficient (Wildman–Crippen LogP) is 3.08. The minimum atomic E-state index is -0.351. The number of ether oxygens (including phenoxy) is 1. The quantitative estimate of drug-likeness (QED) is 0.847. The molecule has 0 spiro atoms. The summed E-state index contributed by atoms with van der Waals surface area (Å²) in [6, 6.07) is 12.0. The van der Waals surface area contributed by atoms with Crippen LogP contribution in [0.15, 0.2) is 48.7 Å². The van der Waals surface area contributed by atoms with E-state index in [9.17, 15) is 9.18 Å². The van der Waals surface area contributed by atoms with Gasteiger partial charge in [-0.15, -0.1) is 0 Å². The van der Waals surface area contributed by atoms with Crippen molar-refractivity contribution in [1.82, 2.24) is 9.88 Å². The number of hydrogen-bond acceptors (Lipinski definition) is 3. The molecule has 1 aromatic carbocycles. The van der Waals surface area contributed by atoms with Crippen molar-refractivity contribution in [2.75, 3.05) is 19.7 Å². The molecule has 24 heavy (non-hydrogen) atoms. The lowest BCUT2D eigenvalue weighted by molar-refractivity contribution is -0.132. The number of halogens is 1. The number of carbonyl (C=O) groups is 1. The van der Waals surface area contributed by atoms with Gasteiger partial charge in [0.15, 0.2) is 11.6 Å². The maximum atomic E-state index is 13.6. The maximum Gasteiger partial charge on any atom is 0.228 e. The maximum absolute atomic E-state index is 13.6. The van der Waals surface area contributed by atoms with Gasteiger partial charge in [0, 0.05) is 30.9 Å². The molecule has 5 heteroatoms. The average molecular weight is 328 g/mol. The van der Waals surface area contributed by atoms with Crippen LogP contribution in [0.4, 0.5) is 4.39 Å². The van der Waals surface area contributed by atoms with Crippen molar-refractivity contribution in [3.05, 3.63) is 60.2 Å². The SMILES string of the molecule is O=C(Cc1ccccn1)N1CCC[C@@H](COc2ccccc2F)C1. The first-order valence-electron chi connectivity index (χ1n) is 8.27. The van der Waals surface area contributed by atoms with Gasteiger partial charge in [-0.3, -0.25) is 9.78 Å². The van der Waals surface area contributed by atoms with Crippen LogP contribution in [0.5, 0.6) is 5.75 Å². The van der Waals surface area contributed by atoms with Crippen molar-refractivity contribution in [2.45, 2.75) is 19.3 Å². The summed E-state index contributed by atoms with van der Waals surface area (Å²) in [7, 11) is 0. The van der Waals surface area contributed by atoms with Crippen LogP contribution in [0.3, 0.4) is 0 Å². The standard InChI is InChI=1S/C19H21FN2O2/c20-17-8-1-2-9-18(17)24-14-15-6-5-11-22(13-15)19(23)12-16-7-3-4-10-21-16/h1-4,7-10,15H,5-6,11-14H2/t15-/m1/s1. The molecule has 1 amide bonds. The molecule has 2 heterocycles. The lowest BCUT2D eigenvalue weighted by Gasteiger charge is -2.32.